The third-order valence-electron chi connectivity index (χ3n) is 4.01. The van der Waals surface area contributed by atoms with E-state index in [4.69, 9.17) is 0 Å². The molecule has 0 bridgehead atoms. The van der Waals surface area contributed by atoms with Crippen molar-refractivity contribution in [3.8, 4) is 0 Å². The molecular weight excluding hydrogens is 290 g/mol. The van der Waals surface area contributed by atoms with Gasteiger partial charge < -0.3 is 10.3 Å². The van der Waals surface area contributed by atoms with Gasteiger partial charge in [0.1, 0.15) is 5.82 Å². The van der Waals surface area contributed by atoms with Gasteiger partial charge in [-0.1, -0.05) is 12.1 Å². The second-order valence-corrected chi connectivity index (χ2v) is 5.71. The Morgan fingerprint density at radius 3 is 2.78 bits per heavy atom. The van der Waals surface area contributed by atoms with Gasteiger partial charge in [0, 0.05) is 25.1 Å². The van der Waals surface area contributed by atoms with Crippen LogP contribution in [0.1, 0.15) is 29.2 Å². The zero-order valence-corrected chi connectivity index (χ0v) is 13.4. The summed E-state index contributed by atoms with van der Waals surface area (Å²) in [6, 6.07) is 7.92. The van der Waals surface area contributed by atoms with Gasteiger partial charge in [-0.25, -0.2) is 4.98 Å². The van der Waals surface area contributed by atoms with E-state index >= 15 is 0 Å². The topological polar surface area (TPSA) is 86.5 Å². The maximum atomic E-state index is 12.0. The highest BCUT2D eigenvalue weighted by molar-refractivity contribution is 5.76. The van der Waals surface area contributed by atoms with Crippen molar-refractivity contribution in [1.82, 2.24) is 25.5 Å². The first-order chi connectivity index (χ1) is 11.1. The van der Waals surface area contributed by atoms with Crippen LogP contribution in [-0.2, 0) is 17.6 Å². The average Bonchev–Trinajstić information content (AvgIpc) is 3.08. The van der Waals surface area contributed by atoms with E-state index in [9.17, 15) is 4.79 Å². The summed E-state index contributed by atoms with van der Waals surface area (Å²) in [6.45, 7) is 4.52. The number of benzene rings is 1. The first-order valence-corrected chi connectivity index (χ1v) is 7.84. The number of fused-ring (bicyclic) bond motifs is 1. The van der Waals surface area contributed by atoms with Crippen molar-refractivity contribution in [1.29, 1.82) is 0 Å². The number of aromatic nitrogens is 4. The van der Waals surface area contributed by atoms with Crippen molar-refractivity contribution in [3.05, 3.63) is 47.0 Å². The number of hydrogen-bond donors (Lipinski definition) is 3. The van der Waals surface area contributed by atoms with Crippen LogP contribution in [0.4, 0.5) is 0 Å². The fourth-order valence-electron chi connectivity index (χ4n) is 2.71. The number of H-pyrrole nitrogens is 2. The Kier molecular flexibility index (Phi) is 4.41. The first kappa shape index (κ1) is 15.3. The molecule has 0 spiro atoms. The van der Waals surface area contributed by atoms with Crippen LogP contribution >= 0.6 is 0 Å². The molecule has 2 heterocycles. The maximum Gasteiger partial charge on any atom is 0.220 e. The number of para-hydroxylation sites is 2. The lowest BCUT2D eigenvalue weighted by Crippen LogP contribution is -2.26. The lowest BCUT2D eigenvalue weighted by molar-refractivity contribution is -0.121. The lowest BCUT2D eigenvalue weighted by atomic mass is 10.1. The molecule has 3 aromatic rings. The molecule has 0 aliphatic carbocycles. The third-order valence-corrected chi connectivity index (χ3v) is 4.01. The summed E-state index contributed by atoms with van der Waals surface area (Å²) in [6.07, 6.45) is 1.89. The molecule has 0 fully saturated rings. The largest absolute Gasteiger partial charge is 0.356 e. The van der Waals surface area contributed by atoms with E-state index in [0.717, 1.165) is 33.8 Å². The van der Waals surface area contributed by atoms with Gasteiger partial charge >= 0.3 is 0 Å². The number of amides is 1. The smallest absolute Gasteiger partial charge is 0.220 e. The monoisotopic (exact) mass is 311 g/mol. The number of rotatable bonds is 6. The lowest BCUT2D eigenvalue weighted by Gasteiger charge is -2.04. The minimum Gasteiger partial charge on any atom is -0.356 e. The van der Waals surface area contributed by atoms with E-state index in [2.05, 4.69) is 25.5 Å². The molecule has 0 saturated carbocycles. The third kappa shape index (κ3) is 3.59. The summed E-state index contributed by atoms with van der Waals surface area (Å²) in [5, 5.41) is 10.0. The predicted octanol–water partition coefficient (Wildman–Crippen LogP) is 2.19. The van der Waals surface area contributed by atoms with Crippen molar-refractivity contribution in [2.75, 3.05) is 6.54 Å². The number of imidazole rings is 1. The Morgan fingerprint density at radius 2 is 2.04 bits per heavy atom. The molecule has 6 nitrogen and oxygen atoms in total. The Labute approximate surface area is 134 Å². The Bertz CT molecular complexity index is 765. The highest BCUT2D eigenvalue weighted by Crippen LogP contribution is 2.12. The van der Waals surface area contributed by atoms with Crippen LogP contribution in [0.15, 0.2) is 24.3 Å². The van der Waals surface area contributed by atoms with Crippen molar-refractivity contribution < 1.29 is 4.79 Å². The van der Waals surface area contributed by atoms with Crippen LogP contribution < -0.4 is 5.32 Å². The molecule has 1 aromatic carbocycles. The fourth-order valence-corrected chi connectivity index (χ4v) is 2.71. The second-order valence-electron chi connectivity index (χ2n) is 5.71. The number of carbonyl (C=O) groups excluding carboxylic acids is 1. The standard InChI is InChI=1S/C17H21N5O/c1-11-13(12(2)22-21-11)7-8-17(23)18-10-9-16-19-14-5-3-4-6-15(14)20-16/h3-6H,7-10H2,1-2H3,(H,18,23)(H,19,20)(H,21,22). The molecule has 23 heavy (non-hydrogen) atoms. The van der Waals surface area contributed by atoms with Crippen molar-refractivity contribution >= 4 is 16.9 Å². The molecule has 3 rings (SSSR count). The highest BCUT2D eigenvalue weighted by atomic mass is 16.1. The Morgan fingerprint density at radius 1 is 1.22 bits per heavy atom. The highest BCUT2D eigenvalue weighted by Gasteiger charge is 2.09. The molecule has 0 saturated heterocycles. The molecular formula is C17H21N5O. The SMILES string of the molecule is Cc1n[nH]c(C)c1CCC(=O)NCCc1nc2ccccc2[nH]1. The van der Waals surface area contributed by atoms with Crippen molar-refractivity contribution in [2.45, 2.75) is 33.1 Å². The summed E-state index contributed by atoms with van der Waals surface area (Å²) < 4.78 is 0. The van der Waals surface area contributed by atoms with Crippen LogP contribution in [0.2, 0.25) is 0 Å². The Hall–Kier alpha value is -2.63. The number of carbonyl (C=O) groups is 1. The number of aryl methyl sites for hydroxylation is 2. The van der Waals surface area contributed by atoms with Crippen molar-refractivity contribution in [2.24, 2.45) is 0 Å². The van der Waals surface area contributed by atoms with E-state index in [-0.39, 0.29) is 5.91 Å². The normalized spacial score (nSPS) is 11.0. The molecule has 6 heteroatoms. The Balaban J connectivity index is 1.46. The average molecular weight is 311 g/mol. The summed E-state index contributed by atoms with van der Waals surface area (Å²) >= 11 is 0. The quantitative estimate of drug-likeness (QED) is 0.652. The van der Waals surface area contributed by atoms with Gasteiger partial charge in [-0.3, -0.25) is 9.89 Å². The second kappa shape index (κ2) is 6.64. The fraction of sp³-hybridized carbons (Fsp3) is 0.353. The van der Waals surface area contributed by atoms with E-state index in [0.29, 0.717) is 25.8 Å². The first-order valence-electron chi connectivity index (χ1n) is 7.84. The number of nitrogens with one attached hydrogen (secondary N) is 3. The van der Waals surface area contributed by atoms with Crippen LogP contribution in [0.25, 0.3) is 11.0 Å². The van der Waals surface area contributed by atoms with Gasteiger partial charge in [0.25, 0.3) is 0 Å². The van der Waals surface area contributed by atoms with Gasteiger partial charge in [-0.05, 0) is 38.0 Å². The summed E-state index contributed by atoms with van der Waals surface area (Å²) in [7, 11) is 0. The number of nitrogens with zero attached hydrogens (tertiary/aromatic N) is 2. The van der Waals surface area contributed by atoms with Crippen molar-refractivity contribution in [3.63, 3.8) is 0 Å². The number of aromatic amines is 2. The van der Waals surface area contributed by atoms with Gasteiger partial charge in [0.2, 0.25) is 5.91 Å². The summed E-state index contributed by atoms with van der Waals surface area (Å²) in [5.41, 5.74) is 5.13. The minimum absolute atomic E-state index is 0.0566. The predicted molar refractivity (Wildman–Crippen MR) is 89.2 cm³/mol. The van der Waals surface area contributed by atoms with Gasteiger partial charge in [-0.15, -0.1) is 0 Å². The zero-order valence-electron chi connectivity index (χ0n) is 13.4. The molecule has 3 N–H and O–H groups in total. The molecule has 0 atom stereocenters. The summed E-state index contributed by atoms with van der Waals surface area (Å²) in [4.78, 5) is 19.7. The van der Waals surface area contributed by atoms with E-state index in [1.807, 2.05) is 38.1 Å². The van der Waals surface area contributed by atoms with Crippen LogP contribution in [-0.4, -0.2) is 32.6 Å². The maximum absolute atomic E-state index is 12.0. The number of hydrogen-bond acceptors (Lipinski definition) is 3. The minimum atomic E-state index is 0.0566. The van der Waals surface area contributed by atoms with Crippen LogP contribution in [0.5, 0.6) is 0 Å². The van der Waals surface area contributed by atoms with Gasteiger partial charge in [0.05, 0.1) is 16.7 Å². The van der Waals surface area contributed by atoms with Gasteiger partial charge in [0.15, 0.2) is 0 Å². The summed E-state index contributed by atoms with van der Waals surface area (Å²) in [5.74, 6) is 0.953. The van der Waals surface area contributed by atoms with E-state index in [1.54, 1.807) is 0 Å². The molecule has 0 aliphatic rings. The molecule has 1 amide bonds. The van der Waals surface area contributed by atoms with Crippen LogP contribution in [0.3, 0.4) is 0 Å². The molecule has 0 radical (unpaired) electrons. The molecule has 2 aromatic heterocycles. The van der Waals surface area contributed by atoms with Crippen LogP contribution in [0, 0.1) is 13.8 Å². The van der Waals surface area contributed by atoms with E-state index in [1.165, 1.54) is 0 Å². The van der Waals surface area contributed by atoms with E-state index < -0.39 is 0 Å². The van der Waals surface area contributed by atoms with Gasteiger partial charge in [-0.2, -0.15) is 5.10 Å². The molecule has 120 valence electrons. The molecule has 0 unspecified atom stereocenters. The zero-order chi connectivity index (χ0) is 16.2. The molecule has 0 aliphatic heterocycles.